The molecule has 2 N–H and O–H groups in total. The zero-order valence-electron chi connectivity index (χ0n) is 22.0. The molecule has 2 aromatic rings. The Morgan fingerprint density at radius 2 is 1.50 bits per heavy atom. The molecular weight excluding hydrogens is 541 g/mol. The fourth-order valence-corrected chi connectivity index (χ4v) is 6.85. The summed E-state index contributed by atoms with van der Waals surface area (Å²) in [6, 6.07) is 7.24. The first-order chi connectivity index (χ1) is 18.8. The van der Waals surface area contributed by atoms with Gasteiger partial charge in [0.1, 0.15) is 12.0 Å². The van der Waals surface area contributed by atoms with Crippen molar-refractivity contribution in [2.45, 2.75) is 75.4 Å². The normalized spacial score (nSPS) is 29.4. The van der Waals surface area contributed by atoms with E-state index < -0.39 is 47.7 Å². The molecule has 0 amide bonds. The van der Waals surface area contributed by atoms with Gasteiger partial charge in [0.2, 0.25) is 0 Å². The van der Waals surface area contributed by atoms with Crippen LogP contribution in [0, 0.1) is 17.7 Å². The molecular formula is C29H33F7N2O2. The zero-order chi connectivity index (χ0) is 28.8. The second-order valence-electron chi connectivity index (χ2n) is 11.3. The summed E-state index contributed by atoms with van der Waals surface area (Å²) in [5.41, 5.74) is -2.28. The summed E-state index contributed by atoms with van der Waals surface area (Å²) in [4.78, 5) is 1.93. The Balaban J connectivity index is 1.45. The predicted octanol–water partition coefficient (Wildman–Crippen LogP) is 6.51. The molecule has 0 aromatic heterocycles. The third kappa shape index (κ3) is 6.17. The van der Waals surface area contributed by atoms with E-state index in [4.69, 9.17) is 4.74 Å². The maximum Gasteiger partial charge on any atom is 0.416 e. The Hall–Kier alpha value is -2.21. The Labute approximate surface area is 228 Å². The first kappa shape index (κ1) is 29.3. The molecule has 4 nitrogen and oxygen atoms in total. The van der Waals surface area contributed by atoms with Gasteiger partial charge < -0.3 is 15.2 Å². The summed E-state index contributed by atoms with van der Waals surface area (Å²) in [5, 5.41) is 14.5. The van der Waals surface area contributed by atoms with Crippen LogP contribution in [0.1, 0.15) is 66.9 Å². The SMILES string of the molecule is C[C@@H](O[C@H]1CN2C(O)CC(C3CCNCC3)CC2C1c1ccc(F)cc1)c1cc(C(F)(F)F)cc(C(F)(F)F)c1. The molecule has 0 saturated carbocycles. The molecule has 2 aromatic carbocycles. The van der Waals surface area contributed by atoms with Gasteiger partial charge in [0.15, 0.2) is 0 Å². The highest BCUT2D eigenvalue weighted by Gasteiger charge is 2.50. The monoisotopic (exact) mass is 574 g/mol. The van der Waals surface area contributed by atoms with Crippen molar-refractivity contribution < 1.29 is 40.6 Å². The summed E-state index contributed by atoms with van der Waals surface area (Å²) >= 11 is 0. The fraction of sp³-hybridized carbons (Fsp3) is 0.586. The molecule has 40 heavy (non-hydrogen) atoms. The number of fused-ring (bicyclic) bond motifs is 1. The molecule has 0 spiro atoms. The van der Waals surface area contributed by atoms with E-state index in [0.717, 1.165) is 37.9 Å². The van der Waals surface area contributed by atoms with Crippen LogP contribution in [0.5, 0.6) is 0 Å². The summed E-state index contributed by atoms with van der Waals surface area (Å²) < 4.78 is 101. The standard InChI is InChI=1S/C29H33F7N2O2/c1-16(19-10-21(28(31,32)33)14-22(11-19)29(34,35)36)40-25-15-38-24(27(25)18-2-4-23(30)5-3-18)12-20(13-26(38)39)17-6-8-37-9-7-17/h2-5,10-11,14,16-17,20,24-27,37,39H,6-9,12-13,15H2,1H3/t16-,20?,24?,25+,26?,27?/m1/s1. The number of aliphatic hydroxyl groups excluding tert-OH is 1. The molecule has 0 bridgehead atoms. The van der Waals surface area contributed by atoms with E-state index in [1.807, 2.05) is 4.90 Å². The van der Waals surface area contributed by atoms with E-state index in [2.05, 4.69) is 5.32 Å². The summed E-state index contributed by atoms with van der Waals surface area (Å²) in [5.74, 6) is -0.0774. The first-order valence-electron chi connectivity index (χ1n) is 13.7. The number of benzene rings is 2. The van der Waals surface area contributed by atoms with Gasteiger partial charge in [0.05, 0.1) is 23.3 Å². The highest BCUT2D eigenvalue weighted by molar-refractivity contribution is 5.35. The van der Waals surface area contributed by atoms with Gasteiger partial charge >= 0.3 is 12.4 Å². The van der Waals surface area contributed by atoms with Crippen molar-refractivity contribution in [3.05, 3.63) is 70.5 Å². The van der Waals surface area contributed by atoms with Gasteiger partial charge in [-0.2, -0.15) is 26.3 Å². The number of halogens is 7. The minimum Gasteiger partial charge on any atom is -0.378 e. The molecule has 3 saturated heterocycles. The zero-order valence-corrected chi connectivity index (χ0v) is 22.0. The number of hydrogen-bond acceptors (Lipinski definition) is 4. The van der Waals surface area contributed by atoms with E-state index in [1.54, 1.807) is 12.1 Å². The third-order valence-electron chi connectivity index (χ3n) is 8.84. The van der Waals surface area contributed by atoms with Crippen molar-refractivity contribution in [1.82, 2.24) is 10.2 Å². The third-order valence-corrected chi connectivity index (χ3v) is 8.84. The lowest BCUT2D eigenvalue weighted by molar-refractivity contribution is -0.143. The van der Waals surface area contributed by atoms with Crippen molar-refractivity contribution in [2.75, 3.05) is 19.6 Å². The minimum atomic E-state index is -4.96. The molecule has 3 aliphatic rings. The quantitative estimate of drug-likeness (QED) is 0.400. The molecule has 11 heteroatoms. The number of hydrogen-bond donors (Lipinski definition) is 2. The van der Waals surface area contributed by atoms with Gasteiger partial charge in [-0.25, -0.2) is 4.39 Å². The number of piperidine rings is 2. The van der Waals surface area contributed by atoms with E-state index in [9.17, 15) is 35.8 Å². The molecule has 3 fully saturated rings. The largest absolute Gasteiger partial charge is 0.416 e. The van der Waals surface area contributed by atoms with Gasteiger partial charge in [-0.3, -0.25) is 4.90 Å². The molecule has 4 unspecified atom stereocenters. The van der Waals surface area contributed by atoms with Crippen LogP contribution in [-0.4, -0.2) is 48.0 Å². The topological polar surface area (TPSA) is 44.7 Å². The predicted molar refractivity (Wildman–Crippen MR) is 134 cm³/mol. The van der Waals surface area contributed by atoms with Gasteiger partial charge in [0.25, 0.3) is 0 Å². The minimum absolute atomic E-state index is 0.102. The lowest BCUT2D eigenvalue weighted by atomic mass is 9.74. The second-order valence-corrected chi connectivity index (χ2v) is 11.3. The van der Waals surface area contributed by atoms with Crippen LogP contribution >= 0.6 is 0 Å². The molecule has 3 aliphatic heterocycles. The molecule has 6 atom stereocenters. The van der Waals surface area contributed by atoms with Crippen LogP contribution < -0.4 is 5.32 Å². The van der Waals surface area contributed by atoms with E-state index >= 15 is 0 Å². The average molecular weight is 575 g/mol. The van der Waals surface area contributed by atoms with E-state index in [-0.39, 0.29) is 36.1 Å². The van der Waals surface area contributed by atoms with E-state index in [0.29, 0.717) is 24.5 Å². The maximum atomic E-state index is 13.8. The molecule has 0 aliphatic carbocycles. The Bertz CT molecular complexity index is 1130. The maximum absolute atomic E-state index is 13.8. The van der Waals surface area contributed by atoms with Crippen LogP contribution in [0.15, 0.2) is 42.5 Å². The number of nitrogens with one attached hydrogen (secondary N) is 1. The highest BCUT2D eigenvalue weighted by Crippen LogP contribution is 2.47. The molecule has 0 radical (unpaired) electrons. The summed E-state index contributed by atoms with van der Waals surface area (Å²) in [7, 11) is 0. The summed E-state index contributed by atoms with van der Waals surface area (Å²) in [6.45, 7) is 3.51. The van der Waals surface area contributed by atoms with Crippen molar-refractivity contribution in [3.63, 3.8) is 0 Å². The average Bonchev–Trinajstić information content (AvgIpc) is 3.26. The number of aliphatic hydroxyl groups is 1. The Morgan fingerprint density at radius 1 is 0.900 bits per heavy atom. The van der Waals surface area contributed by atoms with Crippen molar-refractivity contribution >= 4 is 0 Å². The van der Waals surface area contributed by atoms with Crippen LogP contribution in [0.25, 0.3) is 0 Å². The van der Waals surface area contributed by atoms with Crippen LogP contribution in [0.3, 0.4) is 0 Å². The van der Waals surface area contributed by atoms with Crippen LogP contribution in [0.2, 0.25) is 0 Å². The van der Waals surface area contributed by atoms with Crippen LogP contribution in [-0.2, 0) is 17.1 Å². The lowest BCUT2D eigenvalue weighted by Gasteiger charge is -2.44. The first-order valence-corrected chi connectivity index (χ1v) is 13.7. The molecule has 220 valence electrons. The number of ether oxygens (including phenoxy) is 1. The highest BCUT2D eigenvalue weighted by atomic mass is 19.4. The van der Waals surface area contributed by atoms with Gasteiger partial charge in [-0.1, -0.05) is 12.1 Å². The lowest BCUT2D eigenvalue weighted by Crippen LogP contribution is -2.49. The van der Waals surface area contributed by atoms with Gasteiger partial charge in [-0.15, -0.1) is 0 Å². The van der Waals surface area contributed by atoms with Gasteiger partial charge in [-0.05, 0) is 99.0 Å². The number of nitrogens with zero attached hydrogens (tertiary/aromatic N) is 1. The van der Waals surface area contributed by atoms with Gasteiger partial charge in [0, 0.05) is 18.5 Å². The number of rotatable bonds is 5. The molecule has 3 heterocycles. The Kier molecular flexibility index (Phi) is 8.22. The number of alkyl halides is 6. The second kappa shape index (κ2) is 11.2. The summed E-state index contributed by atoms with van der Waals surface area (Å²) in [6.07, 6.45) is -9.08. The fourth-order valence-electron chi connectivity index (χ4n) is 6.85. The van der Waals surface area contributed by atoms with Crippen molar-refractivity contribution in [3.8, 4) is 0 Å². The van der Waals surface area contributed by atoms with Crippen molar-refractivity contribution in [2.24, 2.45) is 11.8 Å². The molecule has 5 rings (SSSR count). The Morgan fingerprint density at radius 3 is 2.08 bits per heavy atom. The van der Waals surface area contributed by atoms with Crippen molar-refractivity contribution in [1.29, 1.82) is 0 Å². The van der Waals surface area contributed by atoms with E-state index in [1.165, 1.54) is 19.1 Å². The van der Waals surface area contributed by atoms with Crippen LogP contribution in [0.4, 0.5) is 30.7 Å². The smallest absolute Gasteiger partial charge is 0.378 e.